The van der Waals surface area contributed by atoms with Crippen LogP contribution in [0.25, 0.3) is 0 Å². The minimum Gasteiger partial charge on any atom is -0.396 e. The number of amides is 3. The Kier molecular flexibility index (Phi) is 6.74. The second-order valence-electron chi connectivity index (χ2n) is 8.81. The van der Waals surface area contributed by atoms with Gasteiger partial charge in [-0.05, 0) is 37.8 Å². The molecule has 3 heterocycles. The SMILES string of the molecule is CNC(=O)[C@@H]1[C@H]2C(=O)N(CCCCCCO)C(C(=O)Nc3ccccc3Cl)C23CC[C@H]1O3. The molecule has 1 aromatic carbocycles. The lowest BCUT2D eigenvalue weighted by Crippen LogP contribution is -2.53. The number of rotatable bonds is 9. The van der Waals surface area contributed by atoms with E-state index in [-0.39, 0.29) is 30.4 Å². The second-order valence-corrected chi connectivity index (χ2v) is 9.22. The maximum Gasteiger partial charge on any atom is 0.250 e. The van der Waals surface area contributed by atoms with Crippen LogP contribution < -0.4 is 10.6 Å². The monoisotopic (exact) mass is 463 g/mol. The summed E-state index contributed by atoms with van der Waals surface area (Å²) >= 11 is 6.24. The number of aliphatic hydroxyl groups excluding tert-OH is 1. The molecule has 3 saturated heterocycles. The third-order valence-electron chi connectivity index (χ3n) is 7.04. The van der Waals surface area contributed by atoms with Crippen LogP contribution in [0.1, 0.15) is 38.5 Å². The van der Waals surface area contributed by atoms with E-state index in [0.717, 1.165) is 12.8 Å². The number of hydrogen-bond donors (Lipinski definition) is 3. The van der Waals surface area contributed by atoms with Crippen molar-refractivity contribution in [2.24, 2.45) is 11.8 Å². The van der Waals surface area contributed by atoms with E-state index >= 15 is 0 Å². The first-order valence-corrected chi connectivity index (χ1v) is 11.7. The molecular weight excluding hydrogens is 434 g/mol. The molecule has 1 aromatic rings. The minimum atomic E-state index is -1.00. The summed E-state index contributed by atoms with van der Waals surface area (Å²) in [6.07, 6.45) is 3.95. The maximum atomic E-state index is 13.6. The quantitative estimate of drug-likeness (QED) is 0.485. The van der Waals surface area contributed by atoms with Gasteiger partial charge >= 0.3 is 0 Å². The Morgan fingerprint density at radius 1 is 1.22 bits per heavy atom. The molecule has 3 aliphatic rings. The van der Waals surface area contributed by atoms with Crippen molar-refractivity contribution in [2.75, 3.05) is 25.5 Å². The lowest BCUT2D eigenvalue weighted by molar-refractivity contribution is -0.140. The first kappa shape index (κ1) is 23.0. The van der Waals surface area contributed by atoms with E-state index in [1.54, 1.807) is 36.2 Å². The molecule has 174 valence electrons. The fraction of sp³-hybridized carbons (Fsp3) is 0.609. The van der Waals surface area contributed by atoms with Crippen LogP contribution in [0, 0.1) is 11.8 Å². The lowest BCUT2D eigenvalue weighted by atomic mass is 9.70. The van der Waals surface area contributed by atoms with Crippen LogP contribution in [0.3, 0.4) is 0 Å². The molecule has 32 heavy (non-hydrogen) atoms. The lowest BCUT2D eigenvalue weighted by Gasteiger charge is -2.33. The van der Waals surface area contributed by atoms with Gasteiger partial charge in [0, 0.05) is 20.2 Å². The molecule has 4 rings (SSSR count). The van der Waals surface area contributed by atoms with Crippen molar-refractivity contribution in [2.45, 2.75) is 56.3 Å². The number of nitrogens with one attached hydrogen (secondary N) is 2. The number of para-hydroxylation sites is 1. The van der Waals surface area contributed by atoms with Gasteiger partial charge in [0.2, 0.25) is 17.7 Å². The number of halogens is 1. The number of ether oxygens (including phenoxy) is 1. The Bertz CT molecular complexity index is 896. The van der Waals surface area contributed by atoms with Crippen molar-refractivity contribution in [1.29, 1.82) is 0 Å². The summed E-state index contributed by atoms with van der Waals surface area (Å²) in [7, 11) is 1.56. The average Bonchev–Trinajstić information content (AvgIpc) is 3.42. The van der Waals surface area contributed by atoms with Gasteiger partial charge < -0.3 is 25.4 Å². The van der Waals surface area contributed by atoms with E-state index < -0.39 is 23.5 Å². The van der Waals surface area contributed by atoms with Gasteiger partial charge in [-0.3, -0.25) is 14.4 Å². The van der Waals surface area contributed by atoms with Crippen molar-refractivity contribution >= 4 is 35.0 Å². The summed E-state index contributed by atoms with van der Waals surface area (Å²) in [5, 5.41) is 15.0. The molecule has 3 N–H and O–H groups in total. The zero-order chi connectivity index (χ0) is 22.9. The molecule has 0 radical (unpaired) electrons. The molecule has 8 nitrogen and oxygen atoms in total. The number of carbonyl (C=O) groups is 3. The number of nitrogens with zero attached hydrogens (tertiary/aromatic N) is 1. The average molecular weight is 464 g/mol. The van der Waals surface area contributed by atoms with E-state index in [9.17, 15) is 14.4 Å². The molecule has 9 heteroatoms. The normalized spacial score (nSPS) is 30.5. The highest BCUT2D eigenvalue weighted by atomic mass is 35.5. The highest BCUT2D eigenvalue weighted by Gasteiger charge is 2.74. The predicted octanol–water partition coefficient (Wildman–Crippen LogP) is 1.95. The Hall–Kier alpha value is -2.16. The molecule has 5 atom stereocenters. The van der Waals surface area contributed by atoms with Crippen LogP contribution in [-0.2, 0) is 19.1 Å². The summed E-state index contributed by atoms with van der Waals surface area (Å²) in [4.78, 5) is 41.4. The van der Waals surface area contributed by atoms with E-state index in [2.05, 4.69) is 10.6 Å². The zero-order valence-electron chi connectivity index (χ0n) is 18.2. The van der Waals surface area contributed by atoms with Crippen molar-refractivity contribution in [3.05, 3.63) is 29.3 Å². The van der Waals surface area contributed by atoms with Gasteiger partial charge in [-0.2, -0.15) is 0 Å². The topological polar surface area (TPSA) is 108 Å². The molecule has 3 aliphatic heterocycles. The Balaban J connectivity index is 1.62. The summed E-state index contributed by atoms with van der Waals surface area (Å²) in [6, 6.07) is 6.14. The van der Waals surface area contributed by atoms with Gasteiger partial charge in [0.15, 0.2) is 0 Å². The van der Waals surface area contributed by atoms with Crippen molar-refractivity contribution in [3.8, 4) is 0 Å². The molecule has 2 bridgehead atoms. The molecule has 0 aromatic heterocycles. The van der Waals surface area contributed by atoms with Crippen molar-refractivity contribution in [3.63, 3.8) is 0 Å². The number of benzene rings is 1. The fourth-order valence-electron chi connectivity index (χ4n) is 5.67. The standard InChI is InChI=1S/C23H30ClN3O5/c1-25-20(29)17-16-10-11-23(32-16)18(17)22(31)27(12-6-2-3-7-13-28)19(23)21(30)26-15-9-5-4-8-14(15)24/h4-5,8-9,16-19,28H,2-3,6-7,10-13H2,1H3,(H,25,29)(H,26,30)/t16-,17+,18+,19?,23?/m1/s1. The first-order chi connectivity index (χ1) is 15.4. The molecular formula is C23H30ClN3O5. The van der Waals surface area contributed by atoms with Gasteiger partial charge in [-0.1, -0.05) is 36.6 Å². The van der Waals surface area contributed by atoms with Crippen molar-refractivity contribution < 1.29 is 24.2 Å². The number of fused-ring (bicyclic) bond motifs is 1. The van der Waals surface area contributed by atoms with Crippen LogP contribution >= 0.6 is 11.6 Å². The summed E-state index contributed by atoms with van der Waals surface area (Å²) in [5.74, 6) is -2.01. The Labute approximate surface area is 192 Å². The number of hydrogen-bond acceptors (Lipinski definition) is 5. The molecule has 2 unspecified atom stereocenters. The Morgan fingerprint density at radius 2 is 1.97 bits per heavy atom. The van der Waals surface area contributed by atoms with Gasteiger partial charge in [-0.25, -0.2) is 0 Å². The minimum absolute atomic E-state index is 0.139. The van der Waals surface area contributed by atoms with Crippen LogP contribution in [0.5, 0.6) is 0 Å². The van der Waals surface area contributed by atoms with Crippen LogP contribution in [-0.4, -0.2) is 65.7 Å². The number of anilines is 1. The third-order valence-corrected chi connectivity index (χ3v) is 7.37. The molecule has 1 spiro atoms. The predicted molar refractivity (Wildman–Crippen MR) is 119 cm³/mol. The van der Waals surface area contributed by atoms with E-state index in [4.69, 9.17) is 21.4 Å². The van der Waals surface area contributed by atoms with Gasteiger partial charge in [0.05, 0.1) is 28.6 Å². The highest BCUT2D eigenvalue weighted by molar-refractivity contribution is 6.33. The second kappa shape index (κ2) is 9.37. The molecule has 0 aliphatic carbocycles. The van der Waals surface area contributed by atoms with E-state index in [1.165, 1.54) is 0 Å². The van der Waals surface area contributed by atoms with E-state index in [1.807, 2.05) is 0 Å². The highest BCUT2D eigenvalue weighted by Crippen LogP contribution is 2.58. The van der Waals surface area contributed by atoms with Gasteiger partial charge in [-0.15, -0.1) is 0 Å². The van der Waals surface area contributed by atoms with Crippen LogP contribution in [0.2, 0.25) is 5.02 Å². The maximum absolute atomic E-state index is 13.6. The van der Waals surface area contributed by atoms with Gasteiger partial charge in [0.25, 0.3) is 0 Å². The molecule has 3 fully saturated rings. The first-order valence-electron chi connectivity index (χ1n) is 11.3. The third kappa shape index (κ3) is 3.78. The zero-order valence-corrected chi connectivity index (χ0v) is 18.9. The number of likely N-dealkylation sites (tertiary alicyclic amines) is 1. The molecule has 3 amide bonds. The number of carbonyl (C=O) groups excluding carboxylic acids is 3. The largest absolute Gasteiger partial charge is 0.396 e. The smallest absolute Gasteiger partial charge is 0.250 e. The molecule has 0 saturated carbocycles. The summed E-state index contributed by atoms with van der Waals surface area (Å²) < 4.78 is 6.32. The summed E-state index contributed by atoms with van der Waals surface area (Å²) in [5.41, 5.74) is -0.528. The number of aliphatic hydroxyl groups is 1. The fourth-order valence-corrected chi connectivity index (χ4v) is 5.86. The van der Waals surface area contributed by atoms with Crippen molar-refractivity contribution in [1.82, 2.24) is 10.2 Å². The van der Waals surface area contributed by atoms with E-state index in [0.29, 0.717) is 42.9 Å². The van der Waals surface area contributed by atoms with Gasteiger partial charge in [0.1, 0.15) is 11.6 Å². The van der Waals surface area contributed by atoms with Crippen LogP contribution in [0.4, 0.5) is 5.69 Å². The Morgan fingerprint density at radius 3 is 2.69 bits per heavy atom. The summed E-state index contributed by atoms with van der Waals surface area (Å²) in [6.45, 7) is 0.539. The van der Waals surface area contributed by atoms with Crippen LogP contribution in [0.15, 0.2) is 24.3 Å². The number of unbranched alkanes of at least 4 members (excludes halogenated alkanes) is 3.